The van der Waals surface area contributed by atoms with Gasteiger partial charge in [-0.1, -0.05) is 229 Å². The van der Waals surface area contributed by atoms with Crippen LogP contribution in [0.3, 0.4) is 0 Å². The molecule has 0 amide bonds. The molecule has 0 atom stereocenters. The largest absolute Gasteiger partial charge is 0.443 e. The molecule has 78 heavy (non-hydrogen) atoms. The van der Waals surface area contributed by atoms with Gasteiger partial charge in [0, 0.05) is 46.0 Å². The molecule has 0 aliphatic heterocycles. The summed E-state index contributed by atoms with van der Waals surface area (Å²) in [6.07, 6.45) is 0. The fourth-order valence-corrected chi connectivity index (χ4v) is 13.1. The molecular weight excluding hydrogens is 949 g/mol. The third-order valence-electron chi connectivity index (χ3n) is 17.2. The highest BCUT2D eigenvalue weighted by Crippen LogP contribution is 2.70. The SMILES string of the molecule is CC(C)(C)c1ccc(N(c2ccc(C(C)(C)C)cc2)c2cc3c(o2)C2(c4ccccc4-c4ccccc42)c2cc(N(c4ccc(C(C)(C)C)cc4)c4ccc(C(C)(C)C)cc4)oc2C32c3ccccc3-c3ccccc32)cc1. The molecule has 3 aliphatic carbocycles. The molecule has 0 saturated heterocycles. The molecule has 10 aromatic rings. The average Bonchev–Trinajstić information content (AvgIpc) is 4.23. The Morgan fingerprint density at radius 1 is 0.269 bits per heavy atom. The number of fused-ring (bicyclic) bond motifs is 16. The van der Waals surface area contributed by atoms with Gasteiger partial charge in [0.25, 0.3) is 0 Å². The summed E-state index contributed by atoms with van der Waals surface area (Å²) < 4.78 is 16.2. The average molecular weight is 1020 g/mol. The second kappa shape index (κ2) is 17.2. The molecule has 0 saturated carbocycles. The van der Waals surface area contributed by atoms with Crippen molar-refractivity contribution in [3.8, 4) is 22.3 Å². The van der Waals surface area contributed by atoms with E-state index in [0.717, 1.165) is 57.2 Å². The lowest BCUT2D eigenvalue weighted by atomic mass is 9.57. The molecule has 2 aromatic heterocycles. The van der Waals surface area contributed by atoms with Crippen molar-refractivity contribution in [1.29, 1.82) is 0 Å². The first-order valence-electron chi connectivity index (χ1n) is 27.9. The minimum Gasteiger partial charge on any atom is -0.443 e. The number of hydrogen-bond acceptors (Lipinski definition) is 4. The number of benzene rings is 8. The summed E-state index contributed by atoms with van der Waals surface area (Å²) >= 11 is 0. The van der Waals surface area contributed by atoms with Crippen molar-refractivity contribution in [2.24, 2.45) is 0 Å². The molecule has 4 nitrogen and oxygen atoms in total. The quantitative estimate of drug-likeness (QED) is 0.166. The molecule has 0 unspecified atom stereocenters. The Morgan fingerprint density at radius 2 is 0.487 bits per heavy atom. The molecule has 3 aliphatic rings. The third kappa shape index (κ3) is 7.31. The van der Waals surface area contributed by atoms with Gasteiger partial charge in [-0.2, -0.15) is 0 Å². The molecular formula is C74H70N2O2. The molecule has 2 heterocycles. The minimum atomic E-state index is -0.939. The highest BCUT2D eigenvalue weighted by Gasteiger charge is 2.64. The van der Waals surface area contributed by atoms with Crippen molar-refractivity contribution >= 4 is 34.5 Å². The standard InChI is InChI=1S/C74H70N2O2/c1-69(2,3)47-29-37-51(38-30-47)75(52-39-31-48(32-40-52)70(4,5)6)65-45-63-67(77-65)74(61-27-19-15-23-57(61)58-24-16-20-28-62(58)74)64-46-66(78-68(64)73(63)59-25-17-13-21-55(59)56-22-14-18-26-60(56)73)76(53-41-33-49(34-42-53)71(7,8)9)54-43-35-50(36-44-54)72(10,11)12/h13-46H,1-12H3. The van der Waals surface area contributed by atoms with Crippen LogP contribution in [-0.2, 0) is 32.5 Å². The fraction of sp³-hybridized carbons (Fsp3) is 0.243. The highest BCUT2D eigenvalue weighted by molar-refractivity contribution is 5.94. The lowest BCUT2D eigenvalue weighted by Crippen LogP contribution is -2.42. The van der Waals surface area contributed by atoms with Gasteiger partial charge in [0.1, 0.15) is 22.4 Å². The van der Waals surface area contributed by atoms with E-state index in [9.17, 15) is 0 Å². The van der Waals surface area contributed by atoms with Gasteiger partial charge in [0.15, 0.2) is 0 Å². The Morgan fingerprint density at radius 3 is 0.705 bits per heavy atom. The summed E-state index contributed by atoms with van der Waals surface area (Å²) in [4.78, 5) is 4.66. The molecule has 4 heteroatoms. The molecule has 2 spiro atoms. The van der Waals surface area contributed by atoms with Crippen LogP contribution in [0.15, 0.2) is 215 Å². The summed E-state index contributed by atoms with van der Waals surface area (Å²) in [5.74, 6) is 3.25. The first kappa shape index (κ1) is 49.5. The Bertz CT molecular complexity index is 3420. The van der Waals surface area contributed by atoms with E-state index < -0.39 is 10.8 Å². The van der Waals surface area contributed by atoms with Crippen LogP contribution in [0.4, 0.5) is 34.5 Å². The van der Waals surface area contributed by atoms with Gasteiger partial charge in [0.05, 0.1) is 0 Å². The summed E-state index contributed by atoms with van der Waals surface area (Å²) in [5, 5.41) is 0. The Balaban J connectivity index is 1.16. The summed E-state index contributed by atoms with van der Waals surface area (Å²) in [5.41, 5.74) is 18.8. The molecule has 8 aromatic carbocycles. The van der Waals surface area contributed by atoms with Crippen LogP contribution in [-0.4, -0.2) is 0 Å². The van der Waals surface area contributed by atoms with Crippen molar-refractivity contribution in [2.45, 2.75) is 116 Å². The topological polar surface area (TPSA) is 32.8 Å². The van der Waals surface area contributed by atoms with Crippen molar-refractivity contribution < 1.29 is 8.83 Å². The van der Waals surface area contributed by atoms with Crippen LogP contribution in [0.5, 0.6) is 0 Å². The second-order valence-corrected chi connectivity index (χ2v) is 26.2. The van der Waals surface area contributed by atoms with Crippen LogP contribution >= 0.6 is 0 Å². The van der Waals surface area contributed by atoms with Crippen molar-refractivity contribution in [1.82, 2.24) is 0 Å². The maximum Gasteiger partial charge on any atom is 0.205 e. The zero-order chi connectivity index (χ0) is 54.3. The zero-order valence-corrected chi connectivity index (χ0v) is 47.3. The predicted octanol–water partition coefficient (Wildman–Crippen LogP) is 20.0. The van der Waals surface area contributed by atoms with Gasteiger partial charge in [-0.05, 0) is 137 Å². The summed E-state index contributed by atoms with van der Waals surface area (Å²) in [7, 11) is 0. The molecule has 0 N–H and O–H groups in total. The van der Waals surface area contributed by atoms with Gasteiger partial charge in [-0.25, -0.2) is 0 Å². The van der Waals surface area contributed by atoms with Crippen LogP contribution in [0.2, 0.25) is 0 Å². The van der Waals surface area contributed by atoms with Crippen LogP contribution < -0.4 is 9.80 Å². The van der Waals surface area contributed by atoms with Gasteiger partial charge in [-0.3, -0.25) is 9.80 Å². The van der Waals surface area contributed by atoms with Crippen LogP contribution in [0.1, 0.15) is 150 Å². The van der Waals surface area contributed by atoms with Crippen molar-refractivity contribution in [2.75, 3.05) is 9.80 Å². The number of furan rings is 2. The van der Waals surface area contributed by atoms with E-state index in [2.05, 4.69) is 299 Å². The number of hydrogen-bond donors (Lipinski definition) is 0. The van der Waals surface area contributed by atoms with Gasteiger partial charge in [0.2, 0.25) is 11.8 Å². The second-order valence-electron chi connectivity index (χ2n) is 26.2. The summed E-state index contributed by atoms with van der Waals surface area (Å²) in [6.45, 7) is 27.3. The van der Waals surface area contributed by atoms with E-state index in [-0.39, 0.29) is 21.7 Å². The number of rotatable bonds is 6. The zero-order valence-electron chi connectivity index (χ0n) is 47.3. The Hall–Kier alpha value is -8.08. The number of anilines is 6. The Kier molecular flexibility index (Phi) is 10.9. The lowest BCUT2D eigenvalue weighted by molar-refractivity contribution is 0.405. The van der Waals surface area contributed by atoms with E-state index in [0.29, 0.717) is 0 Å². The van der Waals surface area contributed by atoms with Gasteiger partial charge >= 0.3 is 0 Å². The van der Waals surface area contributed by atoms with E-state index >= 15 is 0 Å². The molecule has 0 fully saturated rings. The molecule has 13 rings (SSSR count). The lowest BCUT2D eigenvalue weighted by Gasteiger charge is -2.42. The molecule has 388 valence electrons. The fourth-order valence-electron chi connectivity index (χ4n) is 13.1. The van der Waals surface area contributed by atoms with E-state index in [4.69, 9.17) is 8.83 Å². The van der Waals surface area contributed by atoms with E-state index in [1.54, 1.807) is 0 Å². The van der Waals surface area contributed by atoms with Crippen LogP contribution in [0.25, 0.3) is 22.3 Å². The highest BCUT2D eigenvalue weighted by atomic mass is 16.4. The maximum absolute atomic E-state index is 8.10. The number of nitrogens with zero attached hydrogens (tertiary/aromatic N) is 2. The van der Waals surface area contributed by atoms with E-state index in [1.165, 1.54) is 66.8 Å². The smallest absolute Gasteiger partial charge is 0.205 e. The molecule has 0 bridgehead atoms. The normalized spacial score (nSPS) is 14.6. The minimum absolute atomic E-state index is 0.0211. The van der Waals surface area contributed by atoms with Crippen molar-refractivity contribution in [3.63, 3.8) is 0 Å². The van der Waals surface area contributed by atoms with Gasteiger partial charge < -0.3 is 8.83 Å². The third-order valence-corrected chi connectivity index (χ3v) is 17.2. The Labute approximate surface area is 462 Å². The maximum atomic E-state index is 8.10. The monoisotopic (exact) mass is 1020 g/mol. The molecule has 0 radical (unpaired) electrons. The first-order chi connectivity index (χ1) is 37.2. The van der Waals surface area contributed by atoms with E-state index in [1.807, 2.05) is 0 Å². The van der Waals surface area contributed by atoms with Crippen LogP contribution in [0, 0.1) is 0 Å². The van der Waals surface area contributed by atoms with Crippen molar-refractivity contribution in [3.05, 3.63) is 273 Å². The first-order valence-corrected chi connectivity index (χ1v) is 27.9. The summed E-state index contributed by atoms with van der Waals surface area (Å²) in [6, 6.07) is 77.0. The van der Waals surface area contributed by atoms with Gasteiger partial charge in [-0.15, -0.1) is 0 Å². The predicted molar refractivity (Wildman–Crippen MR) is 323 cm³/mol.